The second-order valence-electron chi connectivity index (χ2n) is 12.4. The van der Waals surface area contributed by atoms with Crippen molar-refractivity contribution in [3.8, 4) is 5.75 Å². The molecule has 206 valence electrons. The molecule has 5 atom stereocenters. The highest BCUT2D eigenvalue weighted by Gasteiger charge is 2.66. The molecular formula is C28H37N3O7. The third-order valence-electron chi connectivity index (χ3n) is 8.31. The molecule has 1 aromatic rings. The number of benzene rings is 1. The summed E-state index contributed by atoms with van der Waals surface area (Å²) >= 11 is 0. The molecule has 0 aromatic heterocycles. The Labute approximate surface area is 221 Å². The molecule has 5 N–H and O–H groups in total. The minimum Gasteiger partial charge on any atom is -0.507 e. The van der Waals surface area contributed by atoms with E-state index in [-0.39, 0.29) is 36.0 Å². The molecule has 1 aromatic carbocycles. The van der Waals surface area contributed by atoms with Gasteiger partial charge in [0.1, 0.15) is 5.75 Å². The third-order valence-corrected chi connectivity index (χ3v) is 8.31. The normalized spacial score (nSPS) is 29.0. The monoisotopic (exact) mass is 527 g/mol. The molecule has 0 aliphatic heterocycles. The van der Waals surface area contributed by atoms with Crippen LogP contribution in [0.2, 0.25) is 0 Å². The van der Waals surface area contributed by atoms with Crippen molar-refractivity contribution in [3.63, 3.8) is 0 Å². The first-order chi connectivity index (χ1) is 17.6. The van der Waals surface area contributed by atoms with Crippen molar-refractivity contribution in [2.24, 2.45) is 34.8 Å². The van der Waals surface area contributed by atoms with Crippen LogP contribution in [0.4, 0.5) is 5.69 Å². The fourth-order valence-corrected chi connectivity index (χ4v) is 6.29. The molecule has 1 amide bonds. The Balaban J connectivity index is 1.73. The first-order valence-corrected chi connectivity index (χ1v) is 13.0. The summed E-state index contributed by atoms with van der Waals surface area (Å²) in [5, 5.41) is 25.9. The van der Waals surface area contributed by atoms with E-state index in [2.05, 4.69) is 26.1 Å². The zero-order chi connectivity index (χ0) is 28.3. The molecule has 10 heteroatoms. The van der Waals surface area contributed by atoms with Gasteiger partial charge in [-0.1, -0.05) is 20.8 Å². The lowest BCUT2D eigenvalue weighted by Crippen LogP contribution is -2.68. The second kappa shape index (κ2) is 9.57. The highest BCUT2D eigenvalue weighted by molar-refractivity contribution is 6.31. The van der Waals surface area contributed by atoms with Gasteiger partial charge in [0, 0.05) is 44.2 Å². The van der Waals surface area contributed by atoms with Crippen molar-refractivity contribution in [1.82, 2.24) is 5.32 Å². The maximum atomic E-state index is 13.9. The Morgan fingerprint density at radius 1 is 1.16 bits per heavy atom. The number of fused-ring (bicyclic) bond motifs is 3. The number of aliphatic hydroxyl groups is 1. The number of nitrogens with one attached hydrogen (secondary N) is 1. The smallest absolute Gasteiger partial charge is 0.235 e. The van der Waals surface area contributed by atoms with Crippen molar-refractivity contribution in [2.75, 3.05) is 25.5 Å². The van der Waals surface area contributed by atoms with E-state index in [4.69, 9.17) is 5.73 Å². The van der Waals surface area contributed by atoms with Gasteiger partial charge in [0.15, 0.2) is 34.7 Å². The number of aromatic hydroxyl groups is 1. The van der Waals surface area contributed by atoms with Gasteiger partial charge in [-0.25, -0.2) is 0 Å². The number of Topliss-reactive ketones (excluding diaryl/α,β-unsaturated/α-hetero) is 4. The zero-order valence-corrected chi connectivity index (χ0v) is 22.6. The molecule has 4 rings (SSSR count). The van der Waals surface area contributed by atoms with Gasteiger partial charge >= 0.3 is 0 Å². The predicted octanol–water partition coefficient (Wildman–Crippen LogP) is 0.919. The molecule has 2 fully saturated rings. The van der Waals surface area contributed by atoms with Crippen LogP contribution in [0, 0.1) is 29.1 Å². The molecule has 10 nitrogen and oxygen atoms in total. The Morgan fingerprint density at radius 3 is 2.39 bits per heavy atom. The summed E-state index contributed by atoms with van der Waals surface area (Å²) in [5.41, 5.74) is 4.57. The second-order valence-corrected chi connectivity index (χ2v) is 12.4. The average molecular weight is 528 g/mol. The van der Waals surface area contributed by atoms with E-state index in [0.29, 0.717) is 24.2 Å². The number of anilines is 1. The lowest BCUT2D eigenvalue weighted by molar-refractivity contribution is -0.175. The molecule has 0 radical (unpaired) electrons. The molecule has 0 bridgehead atoms. The number of hydrogen-bond donors (Lipinski definition) is 4. The van der Waals surface area contributed by atoms with Gasteiger partial charge < -0.3 is 26.2 Å². The number of carbonyl (C=O) groups excluding carboxylic acids is 5. The van der Waals surface area contributed by atoms with Gasteiger partial charge in [-0.05, 0) is 48.8 Å². The fourth-order valence-electron chi connectivity index (χ4n) is 6.29. The third kappa shape index (κ3) is 4.43. The predicted molar refractivity (Wildman–Crippen MR) is 139 cm³/mol. The summed E-state index contributed by atoms with van der Waals surface area (Å²) in [5.74, 6) is -9.98. The van der Waals surface area contributed by atoms with Crippen LogP contribution >= 0.6 is 0 Å². The van der Waals surface area contributed by atoms with Gasteiger partial charge in [0.25, 0.3) is 0 Å². The molecule has 3 aliphatic carbocycles. The molecule has 3 aliphatic rings. The van der Waals surface area contributed by atoms with Crippen LogP contribution in [0.3, 0.4) is 0 Å². The lowest BCUT2D eigenvalue weighted by Gasteiger charge is -2.48. The summed E-state index contributed by atoms with van der Waals surface area (Å²) in [6.07, 6.45) is 0.880. The van der Waals surface area contributed by atoms with E-state index >= 15 is 0 Å². The number of rotatable bonds is 6. The van der Waals surface area contributed by atoms with Crippen LogP contribution in [0.5, 0.6) is 5.75 Å². The highest BCUT2D eigenvalue weighted by atomic mass is 16.3. The van der Waals surface area contributed by atoms with Crippen molar-refractivity contribution >= 4 is 34.7 Å². The number of ketones is 4. The zero-order valence-electron chi connectivity index (χ0n) is 22.6. The van der Waals surface area contributed by atoms with Gasteiger partial charge in [0.05, 0.1) is 11.5 Å². The molecule has 2 saturated carbocycles. The molecule has 0 saturated heterocycles. The first kappa shape index (κ1) is 27.9. The molecule has 2 unspecified atom stereocenters. The van der Waals surface area contributed by atoms with E-state index in [1.165, 1.54) is 0 Å². The summed E-state index contributed by atoms with van der Waals surface area (Å²) in [7, 11) is 3.65. The Kier molecular flexibility index (Phi) is 7.03. The van der Waals surface area contributed by atoms with E-state index < -0.39 is 58.3 Å². The quantitative estimate of drug-likeness (QED) is 0.311. The Morgan fingerprint density at radius 2 is 1.82 bits per heavy atom. The van der Waals surface area contributed by atoms with Crippen LogP contribution in [-0.4, -0.2) is 65.5 Å². The summed E-state index contributed by atoms with van der Waals surface area (Å²) in [6, 6.07) is 1.83. The maximum absolute atomic E-state index is 13.9. The van der Waals surface area contributed by atoms with Crippen molar-refractivity contribution in [3.05, 3.63) is 22.8 Å². The molecular weight excluding hydrogens is 490 g/mol. The van der Waals surface area contributed by atoms with E-state index in [1.54, 1.807) is 0 Å². The van der Waals surface area contributed by atoms with Crippen molar-refractivity contribution in [1.29, 1.82) is 0 Å². The van der Waals surface area contributed by atoms with Crippen LogP contribution in [0.25, 0.3) is 0 Å². The minimum absolute atomic E-state index is 0.0197. The van der Waals surface area contributed by atoms with E-state index in [1.807, 2.05) is 25.1 Å². The number of hydrogen-bond acceptors (Lipinski definition) is 9. The number of nitrogens with zero attached hydrogens (tertiary/aromatic N) is 1. The van der Waals surface area contributed by atoms with Crippen LogP contribution in [0.15, 0.2) is 6.07 Å². The summed E-state index contributed by atoms with van der Waals surface area (Å²) < 4.78 is 0. The fraction of sp³-hybridized carbons (Fsp3) is 0.607. The van der Waals surface area contributed by atoms with Crippen LogP contribution < -0.4 is 16.0 Å². The lowest BCUT2D eigenvalue weighted by atomic mass is 9.53. The number of phenols is 1. The van der Waals surface area contributed by atoms with Crippen molar-refractivity contribution < 1.29 is 34.2 Å². The first-order valence-electron chi connectivity index (χ1n) is 13.0. The standard InChI is InChI=1S/C28H37N3O7/c1-27(2,3)6-7-30-12-14-10-17(31(4)5)16-9-13-8-15-11-18(32)21(26(29)37)25(36)28(15,38)24(35)19(13)23(34)20(16)22(14)33/h10,13,15,19,21,30,33,38H,6-9,11-12H2,1-5H3,(H2,29,37)/t13-,15+,19?,21?,28+/m1/s1. The Bertz CT molecular complexity index is 1230. The Hall–Kier alpha value is -3.11. The SMILES string of the molecule is CN(C)c1cc(CNCCC(C)(C)C)c(O)c2c1C[C@H]1C[C@H]3CC(=O)C(C(N)=O)C(=O)[C@@]3(O)C(=O)C1C2=O. The minimum atomic E-state index is -2.64. The van der Waals surface area contributed by atoms with Crippen LogP contribution in [0.1, 0.15) is 61.5 Å². The van der Waals surface area contributed by atoms with Crippen molar-refractivity contribution in [2.45, 2.75) is 58.6 Å². The summed E-state index contributed by atoms with van der Waals surface area (Å²) in [6.45, 7) is 7.39. The number of amides is 1. The summed E-state index contributed by atoms with van der Waals surface area (Å²) in [4.78, 5) is 66.8. The molecule has 0 spiro atoms. The number of nitrogens with two attached hydrogens (primary N) is 1. The highest BCUT2D eigenvalue weighted by Crippen LogP contribution is 2.51. The van der Waals surface area contributed by atoms with Gasteiger partial charge in [0.2, 0.25) is 5.91 Å². The molecule has 0 heterocycles. The maximum Gasteiger partial charge on any atom is 0.235 e. The van der Waals surface area contributed by atoms with Gasteiger partial charge in [-0.2, -0.15) is 0 Å². The van der Waals surface area contributed by atoms with E-state index in [0.717, 1.165) is 12.1 Å². The topological polar surface area (TPSA) is 167 Å². The van der Waals surface area contributed by atoms with Gasteiger partial charge in [-0.15, -0.1) is 0 Å². The number of phenolic OH excluding ortho intramolecular Hbond substituents is 1. The molecule has 38 heavy (non-hydrogen) atoms. The van der Waals surface area contributed by atoms with Crippen LogP contribution in [-0.2, 0) is 32.1 Å². The average Bonchev–Trinajstić information content (AvgIpc) is 2.79. The largest absolute Gasteiger partial charge is 0.507 e. The van der Waals surface area contributed by atoms with E-state index in [9.17, 15) is 34.2 Å². The number of primary amides is 1. The number of carbonyl (C=O) groups is 5. The van der Waals surface area contributed by atoms with Gasteiger partial charge in [-0.3, -0.25) is 24.0 Å².